The number of amides is 1. The summed E-state index contributed by atoms with van der Waals surface area (Å²) < 4.78 is 5.80. The number of imidazole rings is 2. The second-order valence-electron chi connectivity index (χ2n) is 15.1. The molecule has 228 valence electrons. The lowest BCUT2D eigenvalue weighted by atomic mass is 9.89. The van der Waals surface area contributed by atoms with Crippen molar-refractivity contribution in [1.29, 1.82) is 0 Å². The molecule has 0 radical (unpaired) electrons. The standard InChI is InChI=1S/C37H38N6O2/c1-37(2,3)45-36(44)43-30-16-23(30)17-31(43)35-40-27-11-7-21-13-19(5-9-25(21)33(27)42-35)18-4-8-24-20(12-18)6-10-26-32(24)41-34(39-26)29-15-22-14-28(22)38-29/h4-6,8-10,12-13,22-23,28-31,38H,7,11,14-17H2,1-3H3,(H,39,41)(H,40,42). The van der Waals surface area contributed by atoms with E-state index in [1.54, 1.807) is 0 Å². The second kappa shape index (κ2) is 8.97. The maximum absolute atomic E-state index is 13.2. The Kier molecular flexibility index (Phi) is 5.20. The average molecular weight is 599 g/mol. The lowest BCUT2D eigenvalue weighted by Gasteiger charge is -2.29. The Balaban J connectivity index is 0.940. The van der Waals surface area contributed by atoms with Crippen LogP contribution in [0.5, 0.6) is 0 Å². The number of likely N-dealkylation sites (tertiary alicyclic amines) is 1. The van der Waals surface area contributed by atoms with Crippen LogP contribution in [0.25, 0.3) is 44.2 Å². The summed E-state index contributed by atoms with van der Waals surface area (Å²) in [5.74, 6) is 3.38. The first-order chi connectivity index (χ1) is 21.8. The first-order valence-electron chi connectivity index (χ1n) is 16.7. The van der Waals surface area contributed by atoms with Crippen LogP contribution in [0.2, 0.25) is 0 Å². The molecule has 2 aliphatic heterocycles. The van der Waals surface area contributed by atoms with Gasteiger partial charge in [-0.3, -0.25) is 4.90 Å². The Labute approximate surface area is 262 Å². The fourth-order valence-corrected chi connectivity index (χ4v) is 8.44. The molecule has 0 spiro atoms. The molecule has 10 rings (SSSR count). The summed E-state index contributed by atoms with van der Waals surface area (Å²) in [4.78, 5) is 32.6. The second-order valence-corrected chi connectivity index (χ2v) is 15.1. The lowest BCUT2D eigenvalue weighted by Crippen LogP contribution is -2.38. The molecule has 45 heavy (non-hydrogen) atoms. The molecule has 3 N–H and O–H groups in total. The van der Waals surface area contributed by atoms with Crippen molar-refractivity contribution in [3.63, 3.8) is 0 Å². The van der Waals surface area contributed by atoms with Gasteiger partial charge in [-0.1, -0.05) is 36.4 Å². The lowest BCUT2D eigenvalue weighted by molar-refractivity contribution is 0.0175. The van der Waals surface area contributed by atoms with Gasteiger partial charge in [-0.25, -0.2) is 14.8 Å². The number of ether oxygens (including phenoxy) is 1. The van der Waals surface area contributed by atoms with Gasteiger partial charge in [0.05, 0.1) is 28.8 Å². The first-order valence-corrected chi connectivity index (χ1v) is 16.7. The Bertz CT molecular complexity index is 2040. The third-order valence-electron chi connectivity index (χ3n) is 10.9. The van der Waals surface area contributed by atoms with Gasteiger partial charge in [0.2, 0.25) is 0 Å². The van der Waals surface area contributed by atoms with Gasteiger partial charge in [0.15, 0.2) is 0 Å². The highest BCUT2D eigenvalue weighted by Crippen LogP contribution is 2.54. The van der Waals surface area contributed by atoms with Crippen molar-refractivity contribution in [3.05, 3.63) is 71.4 Å². The van der Waals surface area contributed by atoms with Gasteiger partial charge < -0.3 is 20.0 Å². The highest BCUT2D eigenvalue weighted by atomic mass is 16.6. The summed E-state index contributed by atoms with van der Waals surface area (Å²) >= 11 is 0. The van der Waals surface area contributed by atoms with Crippen LogP contribution in [0.1, 0.15) is 81.4 Å². The van der Waals surface area contributed by atoms with E-state index in [4.69, 9.17) is 14.7 Å². The van der Waals surface area contributed by atoms with E-state index in [0.29, 0.717) is 18.0 Å². The summed E-state index contributed by atoms with van der Waals surface area (Å²) in [6.45, 7) is 5.79. The predicted octanol–water partition coefficient (Wildman–Crippen LogP) is 7.37. The maximum atomic E-state index is 13.2. The van der Waals surface area contributed by atoms with Crippen LogP contribution < -0.4 is 5.32 Å². The number of aryl methyl sites for hydroxylation is 2. The number of benzene rings is 3. The normalized spacial score (nSPS) is 27.8. The molecule has 1 amide bonds. The molecule has 6 atom stereocenters. The zero-order chi connectivity index (χ0) is 30.2. The monoisotopic (exact) mass is 598 g/mol. The van der Waals surface area contributed by atoms with Crippen LogP contribution in [-0.4, -0.2) is 48.6 Å². The quantitative estimate of drug-likeness (QED) is 0.202. The number of carbonyl (C=O) groups excluding carboxylic acids is 1. The number of hydrogen-bond acceptors (Lipinski definition) is 5. The van der Waals surface area contributed by atoms with Crippen LogP contribution >= 0.6 is 0 Å². The zero-order valence-electron chi connectivity index (χ0n) is 26.0. The van der Waals surface area contributed by atoms with Crippen molar-refractivity contribution in [2.24, 2.45) is 11.8 Å². The highest BCUT2D eigenvalue weighted by molar-refractivity contribution is 6.05. The Hall–Kier alpha value is -4.17. The highest BCUT2D eigenvalue weighted by Gasteiger charge is 2.56. The molecular weight excluding hydrogens is 560 g/mol. The van der Waals surface area contributed by atoms with E-state index in [9.17, 15) is 4.79 Å². The fourth-order valence-electron chi connectivity index (χ4n) is 8.44. The van der Waals surface area contributed by atoms with Crippen LogP contribution in [-0.2, 0) is 17.6 Å². The molecule has 8 heteroatoms. The Morgan fingerprint density at radius 3 is 2.60 bits per heavy atom. The number of H-pyrrole nitrogens is 2. The van der Waals surface area contributed by atoms with Crippen molar-refractivity contribution in [1.82, 2.24) is 30.2 Å². The van der Waals surface area contributed by atoms with Gasteiger partial charge in [0, 0.05) is 28.7 Å². The molecule has 6 unspecified atom stereocenters. The third-order valence-corrected chi connectivity index (χ3v) is 10.9. The minimum atomic E-state index is -0.514. The summed E-state index contributed by atoms with van der Waals surface area (Å²) in [6.07, 6.45) is 6.20. The molecule has 2 aromatic heterocycles. The molecule has 5 aromatic rings. The number of piperidine rings is 2. The molecule has 4 fully saturated rings. The number of fused-ring (bicyclic) bond motifs is 8. The fraction of sp³-hybridized carbons (Fsp3) is 0.432. The van der Waals surface area contributed by atoms with E-state index in [1.165, 1.54) is 51.6 Å². The van der Waals surface area contributed by atoms with Crippen LogP contribution in [0, 0.1) is 11.8 Å². The van der Waals surface area contributed by atoms with E-state index in [-0.39, 0.29) is 18.2 Å². The van der Waals surface area contributed by atoms with Gasteiger partial charge in [0.25, 0.3) is 0 Å². The van der Waals surface area contributed by atoms with E-state index in [2.05, 4.69) is 63.8 Å². The number of aromatic nitrogens is 4. The smallest absolute Gasteiger partial charge is 0.411 e. The van der Waals surface area contributed by atoms with Gasteiger partial charge in [-0.2, -0.15) is 0 Å². The predicted molar refractivity (Wildman–Crippen MR) is 174 cm³/mol. The van der Waals surface area contributed by atoms with Crippen LogP contribution in [0.4, 0.5) is 4.79 Å². The zero-order valence-corrected chi connectivity index (χ0v) is 26.0. The summed E-state index contributed by atoms with van der Waals surface area (Å²) in [6, 6.07) is 19.2. The number of hydrogen-bond donors (Lipinski definition) is 3. The number of rotatable bonds is 3. The Morgan fingerprint density at radius 1 is 0.889 bits per heavy atom. The summed E-state index contributed by atoms with van der Waals surface area (Å²) in [5.41, 5.74) is 8.82. The largest absolute Gasteiger partial charge is 0.444 e. The van der Waals surface area contributed by atoms with Crippen molar-refractivity contribution in [3.8, 4) is 22.4 Å². The van der Waals surface area contributed by atoms with Crippen LogP contribution in [0.3, 0.4) is 0 Å². The summed E-state index contributed by atoms with van der Waals surface area (Å²) in [7, 11) is 0. The van der Waals surface area contributed by atoms with Gasteiger partial charge in [-0.05, 0) is 105 Å². The van der Waals surface area contributed by atoms with Crippen LogP contribution in [0.15, 0.2) is 48.5 Å². The van der Waals surface area contributed by atoms with Gasteiger partial charge >= 0.3 is 6.09 Å². The summed E-state index contributed by atoms with van der Waals surface area (Å²) in [5, 5.41) is 6.13. The van der Waals surface area contributed by atoms with Gasteiger partial charge in [-0.15, -0.1) is 0 Å². The Morgan fingerprint density at radius 2 is 1.76 bits per heavy atom. The van der Waals surface area contributed by atoms with E-state index in [1.807, 2.05) is 25.7 Å². The molecule has 3 aliphatic carbocycles. The molecule has 2 saturated heterocycles. The molecule has 3 aromatic carbocycles. The van der Waals surface area contributed by atoms with Crippen molar-refractivity contribution in [2.45, 2.75) is 89.1 Å². The molecule has 5 aliphatic rings. The van der Waals surface area contributed by atoms with Crippen molar-refractivity contribution < 1.29 is 9.53 Å². The minimum Gasteiger partial charge on any atom is -0.444 e. The number of carbonyl (C=O) groups is 1. The maximum Gasteiger partial charge on any atom is 0.411 e. The van der Waals surface area contributed by atoms with E-state index < -0.39 is 5.60 Å². The number of nitrogens with one attached hydrogen (secondary N) is 3. The van der Waals surface area contributed by atoms with E-state index in [0.717, 1.165) is 60.0 Å². The topological polar surface area (TPSA) is 98.9 Å². The number of aromatic amines is 2. The molecule has 0 bridgehead atoms. The molecule has 8 nitrogen and oxygen atoms in total. The molecule has 4 heterocycles. The van der Waals surface area contributed by atoms with Crippen molar-refractivity contribution >= 4 is 27.9 Å². The SMILES string of the molecule is CC(C)(C)OC(=O)N1C(c2nc3c([nH]2)CCc2cc(-c4ccc5c(ccc6[nH]c(C7CC8CC8N7)nc65)c4)ccc2-3)CC2CC21. The average Bonchev–Trinajstić information content (AvgIpc) is 3.63. The van der Waals surface area contributed by atoms with Gasteiger partial charge in [0.1, 0.15) is 17.2 Å². The third kappa shape index (κ3) is 4.18. The van der Waals surface area contributed by atoms with E-state index >= 15 is 0 Å². The van der Waals surface area contributed by atoms with Crippen molar-refractivity contribution in [2.75, 3.05) is 0 Å². The minimum absolute atomic E-state index is 0.0494. The first kappa shape index (κ1) is 26.1. The molecular formula is C37H38N6O2. The number of nitrogens with zero attached hydrogens (tertiary/aromatic N) is 3. The molecule has 2 saturated carbocycles.